The molecule has 110 valence electrons. The molecule has 0 atom stereocenters. The van der Waals surface area contributed by atoms with Gasteiger partial charge in [0.1, 0.15) is 5.75 Å². The molecule has 0 bridgehead atoms. The fraction of sp³-hybridized carbons (Fsp3) is 0.250. The summed E-state index contributed by atoms with van der Waals surface area (Å²) < 4.78 is 1.90. The van der Waals surface area contributed by atoms with E-state index in [0.29, 0.717) is 6.54 Å². The van der Waals surface area contributed by atoms with Crippen LogP contribution in [0.15, 0.2) is 30.9 Å². The lowest BCUT2D eigenvalue weighted by atomic mass is 10.1. The van der Waals surface area contributed by atoms with Crippen LogP contribution in [0.5, 0.6) is 5.75 Å². The Morgan fingerprint density at radius 2 is 2.14 bits per heavy atom. The van der Waals surface area contributed by atoms with Crippen LogP contribution < -0.4 is 9.58 Å². The molecule has 1 aromatic heterocycles. The van der Waals surface area contributed by atoms with Crippen molar-refractivity contribution in [2.45, 2.75) is 13.5 Å². The van der Waals surface area contributed by atoms with Crippen molar-refractivity contribution in [2.24, 2.45) is 0 Å². The van der Waals surface area contributed by atoms with Gasteiger partial charge in [-0.3, -0.25) is 0 Å². The molecule has 2 rings (SSSR count). The third kappa shape index (κ3) is 3.70. The van der Waals surface area contributed by atoms with E-state index in [0.717, 1.165) is 21.3 Å². The molecular weight excluding hydrogens is 282 g/mol. The van der Waals surface area contributed by atoms with Crippen molar-refractivity contribution in [1.29, 1.82) is 0 Å². The number of aromatic hydroxyl groups is 1. The van der Waals surface area contributed by atoms with Gasteiger partial charge in [0.2, 0.25) is 0 Å². The van der Waals surface area contributed by atoms with Crippen molar-refractivity contribution in [3.05, 3.63) is 46.4 Å². The second-order valence-corrected chi connectivity index (χ2v) is 6.11. The number of anilines is 1. The van der Waals surface area contributed by atoms with E-state index in [1.54, 1.807) is 17.4 Å². The number of allylic oxidation sites excluding steroid dienone is 1. The van der Waals surface area contributed by atoms with Gasteiger partial charge in [-0.25, -0.2) is 0 Å². The first kappa shape index (κ1) is 15.3. The van der Waals surface area contributed by atoms with Gasteiger partial charge < -0.3 is 10.0 Å². The van der Waals surface area contributed by atoms with E-state index in [4.69, 9.17) is 0 Å². The van der Waals surface area contributed by atoms with Crippen LogP contribution in [0.25, 0.3) is 12.2 Å². The lowest BCUT2D eigenvalue weighted by molar-refractivity contribution is -0.741. The molecule has 0 radical (unpaired) electrons. The van der Waals surface area contributed by atoms with Gasteiger partial charge in [0, 0.05) is 42.6 Å². The summed E-state index contributed by atoms with van der Waals surface area (Å²) in [5.74, 6) is 0.272. The molecule has 2 aromatic rings. The Labute approximate surface area is 129 Å². The van der Waals surface area contributed by atoms with Crippen molar-refractivity contribution >= 4 is 29.2 Å². The van der Waals surface area contributed by atoms with Gasteiger partial charge in [0.15, 0.2) is 11.6 Å². The predicted molar refractivity (Wildman–Crippen MR) is 88.6 cm³/mol. The molecule has 0 saturated carbocycles. The molecule has 0 fully saturated rings. The highest BCUT2D eigenvalue weighted by Gasteiger charge is 2.13. The normalized spacial score (nSPS) is 11.0. The maximum Gasteiger partial charge on any atom is 0.289 e. The van der Waals surface area contributed by atoms with Crippen LogP contribution in [0.2, 0.25) is 0 Å². The summed E-state index contributed by atoms with van der Waals surface area (Å²) in [7, 11) is 3.89. The van der Waals surface area contributed by atoms with Crippen molar-refractivity contribution in [1.82, 2.24) is 5.10 Å². The Hall–Kier alpha value is -2.14. The maximum absolute atomic E-state index is 10.1. The average molecular weight is 302 g/mol. The second kappa shape index (κ2) is 6.54. The number of phenols is 1. The second-order valence-electron chi connectivity index (χ2n) is 4.90. The number of aryl methyl sites for hydroxylation is 1. The topological polar surface area (TPSA) is 40.2 Å². The van der Waals surface area contributed by atoms with Crippen LogP contribution in [0, 0.1) is 6.92 Å². The van der Waals surface area contributed by atoms with Gasteiger partial charge in [-0.15, -0.1) is 0 Å². The Kier molecular flexibility index (Phi) is 4.75. The number of rotatable bonds is 5. The molecular formula is C16H20N3OS+. The minimum atomic E-state index is 0.272. The lowest BCUT2D eigenvalue weighted by Gasteiger charge is -2.13. The lowest BCUT2D eigenvalue weighted by Crippen LogP contribution is -2.37. The highest BCUT2D eigenvalue weighted by Crippen LogP contribution is 2.25. The summed E-state index contributed by atoms with van der Waals surface area (Å²) in [6.07, 6.45) is 5.69. The molecule has 0 saturated heterocycles. The van der Waals surface area contributed by atoms with Gasteiger partial charge in [-0.1, -0.05) is 11.3 Å². The standard InChI is InChI=1S/C16H19N3OS/c1-5-10-19-16(21-12(2)17-19)9-7-13-6-8-14(18(3)4)11-15(13)20/h5-9,11H,1,10H2,2-4H3/p+1. The third-order valence-electron chi connectivity index (χ3n) is 3.01. The molecule has 1 heterocycles. The van der Waals surface area contributed by atoms with Crippen LogP contribution in [0.4, 0.5) is 5.69 Å². The van der Waals surface area contributed by atoms with E-state index in [2.05, 4.69) is 11.7 Å². The first-order valence-electron chi connectivity index (χ1n) is 6.68. The highest BCUT2D eigenvalue weighted by atomic mass is 32.1. The summed E-state index contributed by atoms with van der Waals surface area (Å²) >= 11 is 1.61. The summed E-state index contributed by atoms with van der Waals surface area (Å²) in [5.41, 5.74) is 1.76. The number of aromatic nitrogens is 2. The van der Waals surface area contributed by atoms with E-state index in [9.17, 15) is 5.11 Å². The van der Waals surface area contributed by atoms with Gasteiger partial charge in [-0.2, -0.15) is 0 Å². The summed E-state index contributed by atoms with van der Waals surface area (Å²) in [5, 5.41) is 16.5. The third-order valence-corrected chi connectivity index (χ3v) is 3.94. The largest absolute Gasteiger partial charge is 0.507 e. The highest BCUT2D eigenvalue weighted by molar-refractivity contribution is 7.11. The molecule has 4 nitrogen and oxygen atoms in total. The summed E-state index contributed by atoms with van der Waals surface area (Å²) in [6.45, 7) is 6.39. The van der Waals surface area contributed by atoms with Crippen LogP contribution in [0.3, 0.4) is 0 Å². The molecule has 21 heavy (non-hydrogen) atoms. The Morgan fingerprint density at radius 3 is 2.76 bits per heavy atom. The molecule has 0 aliphatic carbocycles. The van der Waals surface area contributed by atoms with Crippen molar-refractivity contribution in [2.75, 3.05) is 19.0 Å². The van der Waals surface area contributed by atoms with E-state index < -0.39 is 0 Å². The Morgan fingerprint density at radius 1 is 1.38 bits per heavy atom. The monoisotopic (exact) mass is 302 g/mol. The zero-order valence-electron chi connectivity index (χ0n) is 12.6. The van der Waals surface area contributed by atoms with E-state index in [1.165, 1.54) is 0 Å². The van der Waals surface area contributed by atoms with Crippen LogP contribution in [-0.4, -0.2) is 24.3 Å². The first-order chi connectivity index (χ1) is 10.0. The predicted octanol–water partition coefficient (Wildman–Crippen LogP) is 2.87. The van der Waals surface area contributed by atoms with Crippen LogP contribution >= 0.6 is 11.3 Å². The van der Waals surface area contributed by atoms with Gasteiger partial charge in [-0.05, 0) is 42.5 Å². The van der Waals surface area contributed by atoms with E-state index >= 15 is 0 Å². The quantitative estimate of drug-likeness (QED) is 0.682. The SMILES string of the molecule is C=CC[n+]1nc(C)sc1C=Cc1ccc(N(C)C)cc1O. The van der Waals surface area contributed by atoms with Gasteiger partial charge in [0.25, 0.3) is 5.01 Å². The van der Waals surface area contributed by atoms with Crippen molar-refractivity contribution < 1.29 is 9.79 Å². The molecule has 0 unspecified atom stereocenters. The average Bonchev–Trinajstić information content (AvgIpc) is 2.78. The van der Waals surface area contributed by atoms with Crippen LogP contribution in [-0.2, 0) is 6.54 Å². The van der Waals surface area contributed by atoms with Gasteiger partial charge in [0.05, 0.1) is 0 Å². The fourth-order valence-electron chi connectivity index (χ4n) is 1.93. The number of hydrogen-bond donors (Lipinski definition) is 1. The minimum Gasteiger partial charge on any atom is -0.507 e. The summed E-state index contributed by atoms with van der Waals surface area (Å²) in [4.78, 5) is 1.96. The molecule has 0 aliphatic rings. The molecule has 0 amide bonds. The molecule has 5 heteroatoms. The fourth-order valence-corrected chi connectivity index (χ4v) is 2.73. The number of phenolic OH excluding ortho intramolecular Hbond substituents is 1. The zero-order chi connectivity index (χ0) is 15.4. The smallest absolute Gasteiger partial charge is 0.289 e. The molecule has 1 aromatic carbocycles. The van der Waals surface area contributed by atoms with E-state index in [1.807, 2.05) is 61.0 Å². The van der Waals surface area contributed by atoms with Crippen molar-refractivity contribution in [3.63, 3.8) is 0 Å². The molecule has 0 aliphatic heterocycles. The van der Waals surface area contributed by atoms with E-state index in [-0.39, 0.29) is 5.75 Å². The zero-order valence-corrected chi connectivity index (χ0v) is 13.4. The van der Waals surface area contributed by atoms with Gasteiger partial charge >= 0.3 is 0 Å². The number of nitrogens with zero attached hydrogens (tertiary/aromatic N) is 3. The maximum atomic E-state index is 10.1. The van der Waals surface area contributed by atoms with Crippen molar-refractivity contribution in [3.8, 4) is 5.75 Å². The number of hydrogen-bond acceptors (Lipinski definition) is 4. The number of benzene rings is 1. The minimum absolute atomic E-state index is 0.272. The Bertz CT molecular complexity index is 674. The molecule has 0 spiro atoms. The van der Waals surface area contributed by atoms with Crippen LogP contribution in [0.1, 0.15) is 15.6 Å². The molecule has 1 N–H and O–H groups in total. The Balaban J connectivity index is 2.27. The summed E-state index contributed by atoms with van der Waals surface area (Å²) in [6, 6.07) is 5.65. The first-order valence-corrected chi connectivity index (χ1v) is 7.50.